The fourth-order valence-electron chi connectivity index (χ4n) is 3.23. The first kappa shape index (κ1) is 18.5. The number of anilines is 1. The van der Waals surface area contributed by atoms with E-state index >= 15 is 0 Å². The van der Waals surface area contributed by atoms with Crippen LogP contribution in [0.15, 0.2) is 83.5 Å². The molecule has 140 valence electrons. The smallest absolute Gasteiger partial charge is 0.160 e. The highest BCUT2D eigenvalue weighted by Crippen LogP contribution is 2.40. The minimum atomic E-state index is 0.502. The molecule has 3 aromatic carbocycles. The van der Waals surface area contributed by atoms with Gasteiger partial charge in [0.15, 0.2) is 5.75 Å². The van der Waals surface area contributed by atoms with Crippen LogP contribution in [0.3, 0.4) is 0 Å². The van der Waals surface area contributed by atoms with E-state index in [4.69, 9.17) is 4.74 Å². The largest absolute Gasteiger partial charge is 0.485 e. The summed E-state index contributed by atoms with van der Waals surface area (Å²) < 4.78 is 7.07. The average Bonchev–Trinajstić information content (AvgIpc) is 2.73. The van der Waals surface area contributed by atoms with Gasteiger partial charge in [0, 0.05) is 31.4 Å². The van der Waals surface area contributed by atoms with Gasteiger partial charge in [-0.1, -0.05) is 48.5 Å². The highest BCUT2D eigenvalue weighted by Gasteiger charge is 2.14. The quantitative estimate of drug-likeness (QED) is 0.369. The van der Waals surface area contributed by atoms with E-state index in [2.05, 4.69) is 74.3 Å². The van der Waals surface area contributed by atoms with E-state index in [1.54, 1.807) is 0 Å². The molecule has 0 N–H and O–H groups in total. The lowest BCUT2D eigenvalue weighted by atomic mass is 10.00. The van der Waals surface area contributed by atoms with Crippen molar-refractivity contribution < 1.29 is 4.74 Å². The molecule has 0 aliphatic heterocycles. The van der Waals surface area contributed by atoms with Gasteiger partial charge in [-0.25, -0.2) is 0 Å². The number of rotatable bonds is 5. The Bertz CT molecular complexity index is 1090. The van der Waals surface area contributed by atoms with E-state index in [-0.39, 0.29) is 0 Å². The summed E-state index contributed by atoms with van der Waals surface area (Å²) >= 11 is 3.70. The Morgan fingerprint density at radius 2 is 1.68 bits per heavy atom. The molecule has 0 fully saturated rings. The maximum atomic E-state index is 6.16. The average molecular weight is 433 g/mol. The van der Waals surface area contributed by atoms with E-state index in [1.165, 1.54) is 5.69 Å². The third-order valence-electron chi connectivity index (χ3n) is 4.72. The Hall–Kier alpha value is -2.85. The summed E-state index contributed by atoms with van der Waals surface area (Å²) in [6.07, 6.45) is 1.81. The third kappa shape index (κ3) is 3.73. The molecule has 0 atom stereocenters. The lowest BCUT2D eigenvalue weighted by Gasteiger charge is -2.16. The minimum Gasteiger partial charge on any atom is -0.485 e. The molecule has 0 bridgehead atoms. The summed E-state index contributed by atoms with van der Waals surface area (Å²) in [6, 6.07) is 24.9. The molecule has 1 heterocycles. The Morgan fingerprint density at radius 3 is 2.39 bits per heavy atom. The molecule has 0 aliphatic carbocycles. The summed E-state index contributed by atoms with van der Waals surface area (Å²) in [4.78, 5) is 6.72. The van der Waals surface area contributed by atoms with Gasteiger partial charge in [-0.2, -0.15) is 0 Å². The van der Waals surface area contributed by atoms with Gasteiger partial charge in [-0.3, -0.25) is 4.98 Å². The summed E-state index contributed by atoms with van der Waals surface area (Å²) in [7, 11) is 4.09. The Labute approximate surface area is 173 Å². The van der Waals surface area contributed by atoms with E-state index in [0.29, 0.717) is 6.61 Å². The Balaban J connectivity index is 1.76. The third-order valence-corrected chi connectivity index (χ3v) is 5.31. The molecule has 28 heavy (non-hydrogen) atoms. The SMILES string of the molecule is CN(C)c1ccc(-c2cc(Br)c(OCc3ccccc3)c3ncccc23)cc1. The van der Waals surface area contributed by atoms with E-state index in [1.807, 2.05) is 44.6 Å². The van der Waals surface area contributed by atoms with Crippen molar-refractivity contribution in [1.82, 2.24) is 4.98 Å². The molecule has 0 spiro atoms. The van der Waals surface area contributed by atoms with Crippen LogP contribution in [0.25, 0.3) is 22.0 Å². The second-order valence-corrected chi connectivity index (χ2v) is 7.70. The number of pyridine rings is 1. The number of nitrogens with zero attached hydrogens (tertiary/aromatic N) is 2. The van der Waals surface area contributed by atoms with E-state index < -0.39 is 0 Å². The lowest BCUT2D eigenvalue weighted by Crippen LogP contribution is -2.07. The van der Waals surface area contributed by atoms with Gasteiger partial charge in [0.2, 0.25) is 0 Å². The number of fused-ring (bicyclic) bond motifs is 1. The van der Waals surface area contributed by atoms with Crippen LogP contribution in [0.5, 0.6) is 5.75 Å². The number of halogens is 1. The highest BCUT2D eigenvalue weighted by atomic mass is 79.9. The molecule has 0 saturated carbocycles. The van der Waals surface area contributed by atoms with Crippen LogP contribution >= 0.6 is 15.9 Å². The molecule has 0 aliphatic rings. The fourth-order valence-corrected chi connectivity index (χ4v) is 3.76. The van der Waals surface area contributed by atoms with E-state index in [9.17, 15) is 0 Å². The van der Waals surface area contributed by atoms with Crippen LogP contribution < -0.4 is 9.64 Å². The monoisotopic (exact) mass is 432 g/mol. The zero-order valence-corrected chi connectivity index (χ0v) is 17.5. The molecular formula is C24H21BrN2O. The number of ether oxygens (including phenoxy) is 1. The van der Waals surface area contributed by atoms with Gasteiger partial charge < -0.3 is 9.64 Å². The first-order chi connectivity index (χ1) is 13.6. The van der Waals surface area contributed by atoms with Gasteiger partial charge >= 0.3 is 0 Å². The van der Waals surface area contributed by atoms with Crippen molar-refractivity contribution in [1.29, 1.82) is 0 Å². The normalized spacial score (nSPS) is 10.8. The van der Waals surface area contributed by atoms with Crippen molar-refractivity contribution in [2.24, 2.45) is 0 Å². The number of hydrogen-bond donors (Lipinski definition) is 0. The molecule has 0 saturated heterocycles. The predicted molar refractivity (Wildman–Crippen MR) is 120 cm³/mol. The van der Waals surface area contributed by atoms with Crippen molar-refractivity contribution in [2.75, 3.05) is 19.0 Å². The van der Waals surface area contributed by atoms with Crippen LogP contribution in [0.4, 0.5) is 5.69 Å². The standard InChI is InChI=1S/C24H21BrN2O/c1-27(2)19-12-10-18(11-13-19)21-15-22(25)24(23-20(21)9-6-14-26-23)28-16-17-7-4-3-5-8-17/h3-15H,16H2,1-2H3. The van der Waals surface area contributed by atoms with Crippen LogP contribution in [-0.4, -0.2) is 19.1 Å². The van der Waals surface area contributed by atoms with Gasteiger partial charge in [0.25, 0.3) is 0 Å². The number of hydrogen-bond acceptors (Lipinski definition) is 3. The summed E-state index contributed by atoms with van der Waals surface area (Å²) in [5, 5.41) is 1.08. The minimum absolute atomic E-state index is 0.502. The zero-order valence-electron chi connectivity index (χ0n) is 15.9. The predicted octanol–water partition coefficient (Wildman–Crippen LogP) is 6.31. The van der Waals surface area contributed by atoms with Crippen molar-refractivity contribution in [3.8, 4) is 16.9 Å². The van der Waals surface area contributed by atoms with Gasteiger partial charge in [-0.05, 0) is 56.9 Å². The summed E-state index contributed by atoms with van der Waals surface area (Å²) in [5.41, 5.74) is 5.45. The van der Waals surface area contributed by atoms with Crippen molar-refractivity contribution in [3.63, 3.8) is 0 Å². The molecule has 0 unspecified atom stereocenters. The van der Waals surface area contributed by atoms with Crippen LogP contribution in [0.1, 0.15) is 5.56 Å². The molecule has 4 heteroatoms. The van der Waals surface area contributed by atoms with Gasteiger partial charge in [0.05, 0.1) is 4.47 Å². The molecule has 4 rings (SSSR count). The maximum Gasteiger partial charge on any atom is 0.160 e. The molecule has 0 amide bonds. The number of benzene rings is 3. The summed E-state index contributed by atoms with van der Waals surface area (Å²) in [6.45, 7) is 0.502. The highest BCUT2D eigenvalue weighted by molar-refractivity contribution is 9.10. The van der Waals surface area contributed by atoms with Crippen LogP contribution in [-0.2, 0) is 6.61 Å². The van der Waals surface area contributed by atoms with E-state index in [0.717, 1.165) is 37.8 Å². The van der Waals surface area contributed by atoms with Gasteiger partial charge in [0.1, 0.15) is 12.1 Å². The van der Waals surface area contributed by atoms with Crippen molar-refractivity contribution in [2.45, 2.75) is 6.61 Å². The second-order valence-electron chi connectivity index (χ2n) is 6.85. The second kappa shape index (κ2) is 8.03. The topological polar surface area (TPSA) is 25.4 Å². The molecule has 1 aromatic heterocycles. The van der Waals surface area contributed by atoms with Crippen molar-refractivity contribution >= 4 is 32.5 Å². The Kier molecular flexibility index (Phi) is 5.31. The van der Waals surface area contributed by atoms with Gasteiger partial charge in [-0.15, -0.1) is 0 Å². The zero-order chi connectivity index (χ0) is 19.5. The van der Waals surface area contributed by atoms with Crippen LogP contribution in [0.2, 0.25) is 0 Å². The molecule has 3 nitrogen and oxygen atoms in total. The van der Waals surface area contributed by atoms with Crippen molar-refractivity contribution in [3.05, 3.63) is 89.0 Å². The molecule has 0 radical (unpaired) electrons. The summed E-state index contributed by atoms with van der Waals surface area (Å²) in [5.74, 6) is 0.771. The van der Waals surface area contributed by atoms with Crippen LogP contribution in [0, 0.1) is 0 Å². The Morgan fingerprint density at radius 1 is 0.929 bits per heavy atom. The molecular weight excluding hydrogens is 412 g/mol. The molecule has 4 aromatic rings. The first-order valence-electron chi connectivity index (χ1n) is 9.15. The first-order valence-corrected chi connectivity index (χ1v) is 9.94. The maximum absolute atomic E-state index is 6.16. The number of aromatic nitrogens is 1. The fraction of sp³-hybridized carbons (Fsp3) is 0.125. The lowest BCUT2D eigenvalue weighted by molar-refractivity contribution is 0.307.